The van der Waals surface area contributed by atoms with Crippen LogP contribution >= 0.6 is 0 Å². The second-order valence-electron chi connectivity index (χ2n) is 7.58. The fourth-order valence-electron chi connectivity index (χ4n) is 3.26. The van der Waals surface area contributed by atoms with Crippen LogP contribution in [0.15, 0.2) is 0 Å². The van der Waals surface area contributed by atoms with E-state index in [0.29, 0.717) is 13.0 Å². The normalized spacial score (nSPS) is 19.0. The van der Waals surface area contributed by atoms with Crippen LogP contribution in [0.1, 0.15) is 60.8 Å². The van der Waals surface area contributed by atoms with Crippen molar-refractivity contribution in [3.8, 4) is 0 Å². The molecule has 0 radical (unpaired) electrons. The standard InChI is InChI=1S/C19H33NO6/c1-7-24-16(21)15(17(22)25-8-2)13(3)14-11-9-10-12-20(14)18(23)26-19(4,5)6/h13-15H,7-12H2,1-6H3. The lowest BCUT2D eigenvalue weighted by Crippen LogP contribution is -2.52. The van der Waals surface area contributed by atoms with Crippen molar-refractivity contribution in [2.75, 3.05) is 19.8 Å². The molecular formula is C19H33NO6. The summed E-state index contributed by atoms with van der Waals surface area (Å²) in [5.41, 5.74) is -0.607. The molecule has 1 aliphatic heterocycles. The monoisotopic (exact) mass is 371 g/mol. The second-order valence-corrected chi connectivity index (χ2v) is 7.58. The highest BCUT2D eigenvalue weighted by Gasteiger charge is 2.43. The Morgan fingerprint density at radius 1 is 1.04 bits per heavy atom. The number of carbonyl (C=O) groups excluding carboxylic acids is 3. The zero-order valence-electron chi connectivity index (χ0n) is 16.9. The van der Waals surface area contributed by atoms with Gasteiger partial charge in [-0.3, -0.25) is 9.59 Å². The first-order valence-corrected chi connectivity index (χ1v) is 9.45. The first-order valence-electron chi connectivity index (χ1n) is 9.45. The molecule has 0 saturated carbocycles. The van der Waals surface area contributed by atoms with Gasteiger partial charge in [0, 0.05) is 18.5 Å². The molecule has 1 amide bonds. The summed E-state index contributed by atoms with van der Waals surface area (Å²) in [5.74, 6) is -2.69. The number of esters is 2. The van der Waals surface area contributed by atoms with Gasteiger partial charge in [-0.15, -0.1) is 0 Å². The molecule has 2 atom stereocenters. The Morgan fingerprint density at radius 2 is 1.58 bits per heavy atom. The van der Waals surface area contributed by atoms with Crippen molar-refractivity contribution in [2.24, 2.45) is 11.8 Å². The fraction of sp³-hybridized carbons (Fsp3) is 0.842. The van der Waals surface area contributed by atoms with Crippen molar-refractivity contribution in [3.63, 3.8) is 0 Å². The highest BCUT2D eigenvalue weighted by Crippen LogP contribution is 2.31. The number of hydrogen-bond donors (Lipinski definition) is 0. The lowest BCUT2D eigenvalue weighted by atomic mass is 9.82. The minimum atomic E-state index is -1.05. The van der Waals surface area contributed by atoms with Crippen molar-refractivity contribution in [1.82, 2.24) is 4.90 Å². The van der Waals surface area contributed by atoms with Gasteiger partial charge in [0.15, 0.2) is 5.92 Å². The number of piperidine rings is 1. The zero-order chi connectivity index (χ0) is 19.9. The highest BCUT2D eigenvalue weighted by molar-refractivity contribution is 5.95. The molecule has 1 rings (SSSR count). The third-order valence-electron chi connectivity index (χ3n) is 4.39. The first kappa shape index (κ1) is 22.3. The predicted molar refractivity (Wildman–Crippen MR) is 96.5 cm³/mol. The Kier molecular flexibility index (Phi) is 8.37. The van der Waals surface area contributed by atoms with Crippen LogP contribution in [0, 0.1) is 11.8 Å². The van der Waals surface area contributed by atoms with E-state index in [0.717, 1.165) is 12.8 Å². The van der Waals surface area contributed by atoms with Gasteiger partial charge < -0.3 is 19.1 Å². The average molecular weight is 371 g/mol. The largest absolute Gasteiger partial charge is 0.465 e. The third-order valence-corrected chi connectivity index (χ3v) is 4.39. The average Bonchev–Trinajstić information content (AvgIpc) is 2.54. The number of hydrogen-bond acceptors (Lipinski definition) is 6. The van der Waals surface area contributed by atoms with Crippen LogP contribution < -0.4 is 0 Å². The van der Waals surface area contributed by atoms with Crippen molar-refractivity contribution >= 4 is 18.0 Å². The maximum absolute atomic E-state index is 12.6. The smallest absolute Gasteiger partial charge is 0.410 e. The van der Waals surface area contributed by atoms with E-state index in [-0.39, 0.29) is 19.3 Å². The van der Waals surface area contributed by atoms with Gasteiger partial charge in [0.2, 0.25) is 0 Å². The molecule has 0 bridgehead atoms. The van der Waals surface area contributed by atoms with E-state index in [4.69, 9.17) is 14.2 Å². The van der Waals surface area contributed by atoms with E-state index in [1.807, 2.05) is 20.8 Å². The molecule has 0 aromatic heterocycles. The molecule has 1 heterocycles. The lowest BCUT2D eigenvalue weighted by Gasteiger charge is -2.41. The Hall–Kier alpha value is -1.79. The molecule has 0 aromatic rings. The topological polar surface area (TPSA) is 82.1 Å². The van der Waals surface area contributed by atoms with E-state index in [1.54, 1.807) is 25.7 Å². The molecule has 1 aliphatic rings. The number of ether oxygens (including phenoxy) is 3. The van der Waals surface area contributed by atoms with Gasteiger partial charge in [0.25, 0.3) is 0 Å². The quantitative estimate of drug-likeness (QED) is 0.405. The number of likely N-dealkylation sites (tertiary alicyclic amines) is 1. The van der Waals surface area contributed by atoms with Gasteiger partial charge in [-0.2, -0.15) is 0 Å². The minimum Gasteiger partial charge on any atom is -0.465 e. The van der Waals surface area contributed by atoms with Crippen LogP contribution in [0.5, 0.6) is 0 Å². The van der Waals surface area contributed by atoms with Gasteiger partial charge in [-0.1, -0.05) is 6.92 Å². The molecule has 0 spiro atoms. The third kappa shape index (κ3) is 6.18. The summed E-state index contributed by atoms with van der Waals surface area (Å²) in [6.45, 7) is 11.5. The van der Waals surface area contributed by atoms with Gasteiger partial charge in [-0.05, 0) is 53.9 Å². The molecule has 0 N–H and O–H groups in total. The molecule has 2 unspecified atom stereocenters. The molecule has 0 aliphatic carbocycles. The van der Waals surface area contributed by atoms with Crippen LogP contribution in [0.3, 0.4) is 0 Å². The van der Waals surface area contributed by atoms with Gasteiger partial charge in [-0.25, -0.2) is 4.79 Å². The molecule has 7 nitrogen and oxygen atoms in total. The summed E-state index contributed by atoms with van der Waals surface area (Å²) in [5, 5.41) is 0. The Morgan fingerprint density at radius 3 is 2.04 bits per heavy atom. The summed E-state index contributed by atoms with van der Waals surface area (Å²) in [7, 11) is 0. The van der Waals surface area contributed by atoms with Crippen molar-refractivity contribution < 1.29 is 28.6 Å². The summed E-state index contributed by atoms with van der Waals surface area (Å²) >= 11 is 0. The van der Waals surface area contributed by atoms with Crippen molar-refractivity contribution in [3.05, 3.63) is 0 Å². The summed E-state index contributed by atoms with van der Waals surface area (Å²) in [6.07, 6.45) is 2.08. The van der Waals surface area contributed by atoms with Gasteiger partial charge in [0.1, 0.15) is 5.60 Å². The zero-order valence-corrected chi connectivity index (χ0v) is 16.9. The molecule has 1 fully saturated rings. The Bertz CT molecular complexity index is 481. The maximum atomic E-state index is 12.6. The molecule has 26 heavy (non-hydrogen) atoms. The van der Waals surface area contributed by atoms with E-state index in [2.05, 4.69) is 0 Å². The Balaban J connectivity index is 3.04. The predicted octanol–water partition coefficient (Wildman–Crippen LogP) is 3.15. The van der Waals surface area contributed by atoms with Crippen LogP contribution in [-0.2, 0) is 23.8 Å². The van der Waals surface area contributed by atoms with E-state index >= 15 is 0 Å². The SMILES string of the molecule is CCOC(=O)C(C(=O)OCC)C(C)C1CCCCN1C(=O)OC(C)(C)C. The molecule has 7 heteroatoms. The number of amides is 1. The maximum Gasteiger partial charge on any atom is 0.410 e. The van der Waals surface area contributed by atoms with Crippen molar-refractivity contribution in [1.29, 1.82) is 0 Å². The molecular weight excluding hydrogens is 338 g/mol. The van der Waals surface area contributed by atoms with Gasteiger partial charge >= 0.3 is 18.0 Å². The van der Waals surface area contributed by atoms with E-state index < -0.39 is 35.5 Å². The van der Waals surface area contributed by atoms with Gasteiger partial charge in [0.05, 0.1) is 13.2 Å². The lowest BCUT2D eigenvalue weighted by molar-refractivity contribution is -0.165. The van der Waals surface area contributed by atoms with Crippen LogP contribution in [0.2, 0.25) is 0 Å². The van der Waals surface area contributed by atoms with E-state index in [9.17, 15) is 14.4 Å². The molecule has 150 valence electrons. The summed E-state index contributed by atoms with van der Waals surface area (Å²) in [4.78, 5) is 39.0. The summed E-state index contributed by atoms with van der Waals surface area (Å²) in [6, 6.07) is -0.280. The van der Waals surface area contributed by atoms with Crippen LogP contribution in [-0.4, -0.2) is 54.3 Å². The molecule has 0 aromatic carbocycles. The summed E-state index contributed by atoms with van der Waals surface area (Å²) < 4.78 is 15.7. The minimum absolute atomic E-state index is 0.182. The number of carbonyl (C=O) groups is 3. The van der Waals surface area contributed by atoms with Crippen molar-refractivity contribution in [2.45, 2.75) is 72.4 Å². The molecule has 1 saturated heterocycles. The fourth-order valence-corrected chi connectivity index (χ4v) is 3.26. The number of nitrogens with zero attached hydrogens (tertiary/aromatic N) is 1. The number of rotatable bonds is 6. The van der Waals surface area contributed by atoms with Crippen LogP contribution in [0.4, 0.5) is 4.79 Å². The highest BCUT2D eigenvalue weighted by atomic mass is 16.6. The first-order chi connectivity index (χ1) is 12.1. The second kappa shape index (κ2) is 9.78. The Labute approximate surface area is 156 Å². The van der Waals surface area contributed by atoms with Crippen LogP contribution in [0.25, 0.3) is 0 Å². The van der Waals surface area contributed by atoms with E-state index in [1.165, 1.54) is 0 Å².